The molecule has 5 rings (SSSR count). The van der Waals surface area contributed by atoms with Gasteiger partial charge in [0.05, 0.1) is 17.6 Å². The fourth-order valence-electron chi connectivity index (χ4n) is 4.14. The van der Waals surface area contributed by atoms with Gasteiger partial charge in [-0.25, -0.2) is 9.97 Å². The molecular weight excluding hydrogens is 392 g/mol. The van der Waals surface area contributed by atoms with E-state index >= 15 is 0 Å². The zero-order chi connectivity index (χ0) is 21.2. The summed E-state index contributed by atoms with van der Waals surface area (Å²) >= 11 is 0. The average molecular weight is 414 g/mol. The van der Waals surface area contributed by atoms with Gasteiger partial charge in [0.2, 0.25) is 0 Å². The maximum Gasteiger partial charge on any atom is 0.256 e. The normalized spacial score (nSPS) is 14.8. The SMILES string of the molecule is O=C(c1c[nH]c2ncccc12)N1CCC(Cn2cnc(-c3cccnc3)cc2=O)CC1. The highest BCUT2D eigenvalue weighted by Gasteiger charge is 2.25. The van der Waals surface area contributed by atoms with Crippen molar-refractivity contribution in [2.24, 2.45) is 5.92 Å². The molecule has 1 aliphatic heterocycles. The van der Waals surface area contributed by atoms with E-state index in [1.165, 1.54) is 0 Å². The molecule has 0 unspecified atom stereocenters. The monoisotopic (exact) mass is 414 g/mol. The Morgan fingerprint density at radius 1 is 1.13 bits per heavy atom. The standard InChI is InChI=1S/C23H22N6O2/c30-21-11-20(17-3-1-7-24-12-17)27-15-29(21)14-16-5-9-28(10-6-16)23(31)19-13-26-22-18(19)4-2-8-25-22/h1-4,7-8,11-13,15-16H,5-6,9-10,14H2,(H,25,26). The summed E-state index contributed by atoms with van der Waals surface area (Å²) in [7, 11) is 0. The first-order valence-electron chi connectivity index (χ1n) is 10.4. The third-order valence-electron chi connectivity index (χ3n) is 5.87. The van der Waals surface area contributed by atoms with E-state index in [2.05, 4.69) is 19.9 Å². The molecule has 4 aromatic rings. The van der Waals surface area contributed by atoms with Gasteiger partial charge in [-0.15, -0.1) is 0 Å². The number of nitrogens with one attached hydrogen (secondary N) is 1. The minimum atomic E-state index is -0.0707. The lowest BCUT2D eigenvalue weighted by Crippen LogP contribution is -2.40. The van der Waals surface area contributed by atoms with E-state index in [4.69, 9.17) is 0 Å². The fourth-order valence-corrected chi connectivity index (χ4v) is 4.14. The van der Waals surface area contributed by atoms with E-state index in [-0.39, 0.29) is 11.5 Å². The molecule has 1 N–H and O–H groups in total. The lowest BCUT2D eigenvalue weighted by atomic mass is 9.96. The van der Waals surface area contributed by atoms with Crippen LogP contribution in [-0.2, 0) is 6.54 Å². The summed E-state index contributed by atoms with van der Waals surface area (Å²) in [6.45, 7) is 1.96. The molecule has 1 saturated heterocycles. The van der Waals surface area contributed by atoms with Gasteiger partial charge in [-0.3, -0.25) is 19.1 Å². The van der Waals surface area contributed by atoms with Gasteiger partial charge in [-0.2, -0.15) is 0 Å². The van der Waals surface area contributed by atoms with Gasteiger partial charge < -0.3 is 9.88 Å². The van der Waals surface area contributed by atoms with Crippen molar-refractivity contribution in [3.8, 4) is 11.3 Å². The second-order valence-corrected chi connectivity index (χ2v) is 7.84. The highest BCUT2D eigenvalue weighted by molar-refractivity contribution is 6.05. The number of aromatic amines is 1. The number of carbonyl (C=O) groups excluding carboxylic acids is 1. The second kappa shape index (κ2) is 8.14. The number of rotatable bonds is 4. The van der Waals surface area contributed by atoms with Crippen LogP contribution in [0.4, 0.5) is 0 Å². The Balaban J connectivity index is 1.23. The van der Waals surface area contributed by atoms with Crippen LogP contribution in [0.25, 0.3) is 22.3 Å². The number of hydrogen-bond donors (Lipinski definition) is 1. The largest absolute Gasteiger partial charge is 0.345 e. The van der Waals surface area contributed by atoms with E-state index < -0.39 is 0 Å². The Kier molecular flexibility index (Phi) is 5.03. The topological polar surface area (TPSA) is 96.8 Å². The Labute approximate surface area is 178 Å². The molecule has 0 aromatic carbocycles. The number of piperidine rings is 1. The number of aromatic nitrogens is 5. The van der Waals surface area contributed by atoms with Gasteiger partial charge in [0, 0.05) is 61.4 Å². The molecule has 1 amide bonds. The first kappa shape index (κ1) is 19.2. The number of pyridine rings is 2. The molecule has 8 nitrogen and oxygen atoms in total. The number of carbonyl (C=O) groups is 1. The van der Waals surface area contributed by atoms with E-state index in [1.54, 1.807) is 41.7 Å². The quantitative estimate of drug-likeness (QED) is 0.554. The van der Waals surface area contributed by atoms with Crippen molar-refractivity contribution < 1.29 is 4.79 Å². The summed E-state index contributed by atoms with van der Waals surface area (Å²) in [6.07, 6.45) is 10.1. The molecule has 0 aliphatic carbocycles. The Bertz CT molecular complexity index is 1270. The number of nitrogens with zero attached hydrogens (tertiary/aromatic N) is 5. The molecule has 31 heavy (non-hydrogen) atoms. The summed E-state index contributed by atoms with van der Waals surface area (Å²) in [5.41, 5.74) is 2.77. The van der Waals surface area contributed by atoms with Crippen LogP contribution >= 0.6 is 0 Å². The molecule has 156 valence electrons. The Morgan fingerprint density at radius 2 is 1.97 bits per heavy atom. The van der Waals surface area contributed by atoms with Crippen molar-refractivity contribution >= 4 is 16.9 Å². The van der Waals surface area contributed by atoms with E-state index in [0.717, 1.165) is 29.4 Å². The molecule has 1 fully saturated rings. The van der Waals surface area contributed by atoms with E-state index in [1.807, 2.05) is 29.2 Å². The highest BCUT2D eigenvalue weighted by atomic mass is 16.2. The van der Waals surface area contributed by atoms with Crippen LogP contribution in [0.2, 0.25) is 0 Å². The zero-order valence-corrected chi connectivity index (χ0v) is 16.9. The molecule has 0 bridgehead atoms. The van der Waals surface area contributed by atoms with Crippen LogP contribution in [0.3, 0.4) is 0 Å². The van der Waals surface area contributed by atoms with Gasteiger partial charge in [0.25, 0.3) is 11.5 Å². The third kappa shape index (κ3) is 3.84. The smallest absolute Gasteiger partial charge is 0.256 e. The number of likely N-dealkylation sites (tertiary alicyclic amines) is 1. The van der Waals surface area contributed by atoms with Crippen molar-refractivity contribution in [2.45, 2.75) is 19.4 Å². The lowest BCUT2D eigenvalue weighted by molar-refractivity contribution is 0.0684. The molecule has 0 radical (unpaired) electrons. The van der Waals surface area contributed by atoms with Crippen LogP contribution < -0.4 is 5.56 Å². The number of H-pyrrole nitrogens is 1. The predicted molar refractivity (Wildman–Crippen MR) is 116 cm³/mol. The van der Waals surface area contributed by atoms with Gasteiger partial charge in [0.1, 0.15) is 5.65 Å². The van der Waals surface area contributed by atoms with Crippen molar-refractivity contribution in [3.05, 3.63) is 77.4 Å². The van der Waals surface area contributed by atoms with Crippen LogP contribution in [0.5, 0.6) is 0 Å². The third-order valence-corrected chi connectivity index (χ3v) is 5.87. The number of amides is 1. The minimum Gasteiger partial charge on any atom is -0.345 e. The number of fused-ring (bicyclic) bond motifs is 1. The Hall–Kier alpha value is -3.81. The Morgan fingerprint density at radius 3 is 2.74 bits per heavy atom. The maximum absolute atomic E-state index is 13.0. The van der Waals surface area contributed by atoms with Gasteiger partial charge in [0.15, 0.2) is 0 Å². The molecule has 8 heteroatoms. The van der Waals surface area contributed by atoms with Crippen LogP contribution in [0, 0.1) is 5.92 Å². The lowest BCUT2D eigenvalue weighted by Gasteiger charge is -2.32. The van der Waals surface area contributed by atoms with Crippen LogP contribution in [0.15, 0.2) is 66.2 Å². The van der Waals surface area contributed by atoms with E-state index in [9.17, 15) is 9.59 Å². The summed E-state index contributed by atoms with van der Waals surface area (Å²) in [5.74, 6) is 0.356. The molecule has 5 heterocycles. The average Bonchev–Trinajstić information content (AvgIpc) is 3.25. The summed E-state index contributed by atoms with van der Waals surface area (Å²) in [5, 5.41) is 0.848. The summed E-state index contributed by atoms with van der Waals surface area (Å²) < 4.78 is 1.66. The molecular formula is C23H22N6O2. The molecule has 0 spiro atoms. The first-order chi connectivity index (χ1) is 15.2. The molecule has 4 aromatic heterocycles. The molecule has 0 saturated carbocycles. The zero-order valence-electron chi connectivity index (χ0n) is 16.9. The van der Waals surface area contributed by atoms with Crippen LogP contribution in [0.1, 0.15) is 23.2 Å². The van der Waals surface area contributed by atoms with Gasteiger partial charge >= 0.3 is 0 Å². The maximum atomic E-state index is 13.0. The van der Waals surface area contributed by atoms with Crippen molar-refractivity contribution in [1.29, 1.82) is 0 Å². The second-order valence-electron chi connectivity index (χ2n) is 7.84. The van der Waals surface area contributed by atoms with Crippen molar-refractivity contribution in [3.63, 3.8) is 0 Å². The number of hydrogen-bond acceptors (Lipinski definition) is 5. The van der Waals surface area contributed by atoms with Crippen LogP contribution in [-0.4, -0.2) is 48.4 Å². The summed E-state index contributed by atoms with van der Waals surface area (Å²) in [4.78, 5) is 43.3. The minimum absolute atomic E-state index is 0.0253. The van der Waals surface area contributed by atoms with Gasteiger partial charge in [-0.1, -0.05) is 0 Å². The predicted octanol–water partition coefficient (Wildman–Crippen LogP) is 2.73. The van der Waals surface area contributed by atoms with E-state index in [0.29, 0.717) is 36.8 Å². The van der Waals surface area contributed by atoms with Crippen molar-refractivity contribution in [1.82, 2.24) is 29.4 Å². The fraction of sp³-hybridized carbons (Fsp3) is 0.261. The summed E-state index contributed by atoms with van der Waals surface area (Å²) in [6, 6.07) is 9.01. The highest BCUT2D eigenvalue weighted by Crippen LogP contribution is 2.23. The molecule has 0 atom stereocenters. The van der Waals surface area contributed by atoms with Crippen molar-refractivity contribution in [2.75, 3.05) is 13.1 Å². The molecule has 1 aliphatic rings. The first-order valence-corrected chi connectivity index (χ1v) is 10.4. The van der Waals surface area contributed by atoms with Gasteiger partial charge in [-0.05, 0) is 43.0 Å².